The predicted molar refractivity (Wildman–Crippen MR) is 55.0 cm³/mol. The third kappa shape index (κ3) is 5.24. The Labute approximate surface area is 81.4 Å². The van der Waals surface area contributed by atoms with Gasteiger partial charge in [-0.15, -0.1) is 0 Å². The number of hydrogen-bond acceptors (Lipinski definition) is 3. The van der Waals surface area contributed by atoms with Crippen molar-refractivity contribution in [3.8, 4) is 0 Å². The van der Waals surface area contributed by atoms with Crippen LogP contribution in [-0.4, -0.2) is 50.8 Å². The lowest BCUT2D eigenvalue weighted by atomic mass is 10.5. The fourth-order valence-electron chi connectivity index (χ4n) is 1.37. The summed E-state index contributed by atoms with van der Waals surface area (Å²) < 4.78 is 5.22. The van der Waals surface area contributed by atoms with Crippen LogP contribution in [0.3, 0.4) is 0 Å². The third-order valence-electron chi connectivity index (χ3n) is 2.44. The van der Waals surface area contributed by atoms with Crippen LogP contribution in [0.1, 0.15) is 19.8 Å². The van der Waals surface area contributed by atoms with Crippen molar-refractivity contribution in [2.24, 2.45) is 0 Å². The highest BCUT2D eigenvalue weighted by Crippen LogP contribution is 2.24. The lowest BCUT2D eigenvalue weighted by Gasteiger charge is -2.15. The maximum absolute atomic E-state index is 5.22. The monoisotopic (exact) mass is 186 g/mol. The SMILES string of the molecule is CCOCCNCCN(C)C1CC1. The van der Waals surface area contributed by atoms with Crippen LogP contribution >= 0.6 is 0 Å². The predicted octanol–water partition coefficient (Wildman–Crippen LogP) is 0.707. The molecule has 3 heteroatoms. The quantitative estimate of drug-likeness (QED) is 0.565. The molecule has 1 rings (SSSR count). The van der Waals surface area contributed by atoms with E-state index < -0.39 is 0 Å². The van der Waals surface area contributed by atoms with Crippen molar-refractivity contribution in [2.75, 3.05) is 39.9 Å². The van der Waals surface area contributed by atoms with Gasteiger partial charge in [-0.25, -0.2) is 0 Å². The number of hydrogen-bond donors (Lipinski definition) is 1. The molecule has 1 N–H and O–H groups in total. The summed E-state index contributed by atoms with van der Waals surface area (Å²) in [7, 11) is 2.21. The van der Waals surface area contributed by atoms with E-state index in [1.807, 2.05) is 6.92 Å². The average molecular weight is 186 g/mol. The van der Waals surface area contributed by atoms with Crippen LogP contribution in [0.15, 0.2) is 0 Å². The summed E-state index contributed by atoms with van der Waals surface area (Å²) in [5, 5.41) is 3.37. The number of ether oxygens (including phenoxy) is 1. The Morgan fingerprint density at radius 2 is 2.15 bits per heavy atom. The van der Waals surface area contributed by atoms with E-state index >= 15 is 0 Å². The van der Waals surface area contributed by atoms with Crippen molar-refractivity contribution in [3.63, 3.8) is 0 Å². The first-order valence-corrected chi connectivity index (χ1v) is 5.33. The van der Waals surface area contributed by atoms with Gasteiger partial charge >= 0.3 is 0 Å². The van der Waals surface area contributed by atoms with Crippen LogP contribution < -0.4 is 5.32 Å². The van der Waals surface area contributed by atoms with Crippen molar-refractivity contribution in [2.45, 2.75) is 25.8 Å². The van der Waals surface area contributed by atoms with E-state index in [2.05, 4.69) is 17.3 Å². The van der Waals surface area contributed by atoms with E-state index in [0.29, 0.717) is 0 Å². The molecule has 0 unspecified atom stereocenters. The fourth-order valence-corrected chi connectivity index (χ4v) is 1.37. The molecule has 1 aliphatic carbocycles. The number of rotatable bonds is 8. The summed E-state index contributed by atoms with van der Waals surface area (Å²) in [5.41, 5.74) is 0. The van der Waals surface area contributed by atoms with Crippen molar-refractivity contribution >= 4 is 0 Å². The molecule has 13 heavy (non-hydrogen) atoms. The smallest absolute Gasteiger partial charge is 0.0590 e. The Hall–Kier alpha value is -0.120. The fraction of sp³-hybridized carbons (Fsp3) is 1.00. The summed E-state index contributed by atoms with van der Waals surface area (Å²) >= 11 is 0. The molecule has 1 saturated carbocycles. The van der Waals surface area contributed by atoms with Crippen molar-refractivity contribution < 1.29 is 4.74 Å². The second kappa shape index (κ2) is 6.35. The van der Waals surface area contributed by atoms with Crippen LogP contribution in [0.2, 0.25) is 0 Å². The minimum Gasteiger partial charge on any atom is -0.380 e. The van der Waals surface area contributed by atoms with Crippen LogP contribution in [0, 0.1) is 0 Å². The summed E-state index contributed by atoms with van der Waals surface area (Å²) in [6.45, 7) is 6.91. The lowest BCUT2D eigenvalue weighted by Crippen LogP contribution is -2.32. The molecule has 1 fully saturated rings. The van der Waals surface area contributed by atoms with Gasteiger partial charge in [0, 0.05) is 32.3 Å². The molecule has 0 heterocycles. The van der Waals surface area contributed by atoms with Crippen molar-refractivity contribution in [3.05, 3.63) is 0 Å². The van der Waals surface area contributed by atoms with E-state index in [4.69, 9.17) is 4.74 Å². The Morgan fingerprint density at radius 3 is 2.77 bits per heavy atom. The molecule has 0 radical (unpaired) electrons. The molecule has 1 aliphatic rings. The highest BCUT2D eigenvalue weighted by atomic mass is 16.5. The van der Waals surface area contributed by atoms with Crippen LogP contribution in [0.5, 0.6) is 0 Å². The first-order valence-electron chi connectivity index (χ1n) is 5.33. The lowest BCUT2D eigenvalue weighted by molar-refractivity contribution is 0.148. The van der Waals surface area contributed by atoms with E-state index in [1.165, 1.54) is 12.8 Å². The molecule has 0 atom stereocenters. The standard InChI is InChI=1S/C10H22N2O/c1-3-13-9-7-11-6-8-12(2)10-4-5-10/h10-11H,3-9H2,1-2H3. The number of nitrogens with zero attached hydrogens (tertiary/aromatic N) is 1. The largest absolute Gasteiger partial charge is 0.380 e. The Bertz CT molecular complexity index is 126. The van der Waals surface area contributed by atoms with Gasteiger partial charge in [0.25, 0.3) is 0 Å². The van der Waals surface area contributed by atoms with Crippen molar-refractivity contribution in [1.82, 2.24) is 10.2 Å². The van der Waals surface area contributed by atoms with Gasteiger partial charge in [0.05, 0.1) is 6.61 Å². The zero-order chi connectivity index (χ0) is 9.52. The van der Waals surface area contributed by atoms with Crippen LogP contribution in [0.4, 0.5) is 0 Å². The summed E-state index contributed by atoms with van der Waals surface area (Å²) in [4.78, 5) is 2.44. The highest BCUT2D eigenvalue weighted by Gasteiger charge is 2.25. The molecule has 3 nitrogen and oxygen atoms in total. The first-order chi connectivity index (χ1) is 6.34. The normalized spacial score (nSPS) is 16.8. The Balaban J connectivity index is 1.77. The second-order valence-electron chi connectivity index (χ2n) is 3.66. The third-order valence-corrected chi connectivity index (χ3v) is 2.44. The minimum atomic E-state index is 0.823. The zero-order valence-corrected chi connectivity index (χ0v) is 8.88. The molecule has 78 valence electrons. The molecule has 0 aromatic carbocycles. The van der Waals surface area contributed by atoms with Gasteiger partial charge in [-0.2, -0.15) is 0 Å². The van der Waals surface area contributed by atoms with Crippen molar-refractivity contribution in [1.29, 1.82) is 0 Å². The molecular formula is C10H22N2O. The first kappa shape index (κ1) is 11.0. The molecule has 0 aromatic rings. The Morgan fingerprint density at radius 1 is 1.38 bits per heavy atom. The summed E-state index contributed by atoms with van der Waals surface area (Å²) in [6.07, 6.45) is 2.80. The van der Waals surface area contributed by atoms with E-state index in [0.717, 1.165) is 38.9 Å². The molecule has 0 amide bonds. The molecule has 0 aromatic heterocycles. The second-order valence-corrected chi connectivity index (χ2v) is 3.66. The molecule has 0 bridgehead atoms. The zero-order valence-electron chi connectivity index (χ0n) is 8.88. The maximum Gasteiger partial charge on any atom is 0.0590 e. The van der Waals surface area contributed by atoms with Gasteiger partial charge in [-0.1, -0.05) is 0 Å². The van der Waals surface area contributed by atoms with Crippen LogP contribution in [-0.2, 0) is 4.74 Å². The molecule has 0 saturated heterocycles. The molecular weight excluding hydrogens is 164 g/mol. The highest BCUT2D eigenvalue weighted by molar-refractivity contribution is 4.82. The summed E-state index contributed by atoms with van der Waals surface area (Å²) in [6, 6.07) is 0.883. The van der Waals surface area contributed by atoms with Gasteiger partial charge in [-0.05, 0) is 26.8 Å². The topological polar surface area (TPSA) is 24.5 Å². The van der Waals surface area contributed by atoms with E-state index in [-0.39, 0.29) is 0 Å². The molecule has 0 aliphatic heterocycles. The van der Waals surface area contributed by atoms with Gasteiger partial charge in [0.15, 0.2) is 0 Å². The van der Waals surface area contributed by atoms with Crippen LogP contribution in [0.25, 0.3) is 0 Å². The number of nitrogens with one attached hydrogen (secondary N) is 1. The Kier molecular flexibility index (Phi) is 5.35. The van der Waals surface area contributed by atoms with Gasteiger partial charge in [-0.3, -0.25) is 0 Å². The molecule has 0 spiro atoms. The van der Waals surface area contributed by atoms with Gasteiger partial charge < -0.3 is 15.0 Å². The maximum atomic E-state index is 5.22. The van der Waals surface area contributed by atoms with E-state index in [1.54, 1.807) is 0 Å². The van der Waals surface area contributed by atoms with E-state index in [9.17, 15) is 0 Å². The summed E-state index contributed by atoms with van der Waals surface area (Å²) in [5.74, 6) is 0. The average Bonchev–Trinajstić information content (AvgIpc) is 2.93. The van der Waals surface area contributed by atoms with Gasteiger partial charge in [0.1, 0.15) is 0 Å². The van der Waals surface area contributed by atoms with Gasteiger partial charge in [0.2, 0.25) is 0 Å². The minimum absolute atomic E-state index is 0.823. The number of likely N-dealkylation sites (N-methyl/N-ethyl adjacent to an activating group) is 1.